The van der Waals surface area contributed by atoms with E-state index in [1.54, 1.807) is 75.9 Å². The van der Waals surface area contributed by atoms with Crippen molar-refractivity contribution in [2.75, 3.05) is 14.2 Å². The molecule has 2 aliphatic heterocycles. The molecule has 360 valence electrons. The number of rotatable bonds is 10. The van der Waals surface area contributed by atoms with E-state index >= 15 is 0 Å². The van der Waals surface area contributed by atoms with Gasteiger partial charge < -0.3 is 18.6 Å². The first-order valence-corrected chi connectivity index (χ1v) is 23.4. The van der Waals surface area contributed by atoms with Crippen molar-refractivity contribution >= 4 is 0 Å². The highest BCUT2D eigenvalue weighted by molar-refractivity contribution is 5.60. The van der Waals surface area contributed by atoms with E-state index in [4.69, 9.17) is 29.6 Å². The van der Waals surface area contributed by atoms with E-state index in [2.05, 4.69) is 39.9 Å². The van der Waals surface area contributed by atoms with Crippen molar-refractivity contribution in [2.24, 2.45) is 0 Å². The summed E-state index contributed by atoms with van der Waals surface area (Å²) < 4.78 is 48.0. The second-order valence-corrected chi connectivity index (χ2v) is 17.3. The van der Waals surface area contributed by atoms with Gasteiger partial charge in [-0.15, -0.1) is 10.2 Å². The van der Waals surface area contributed by atoms with Crippen LogP contribution in [0.25, 0.3) is 57.2 Å². The zero-order chi connectivity index (χ0) is 49.3. The van der Waals surface area contributed by atoms with E-state index in [-0.39, 0.29) is 23.5 Å². The maximum Gasteiger partial charge on any atom is 0.238 e. The molecule has 0 saturated heterocycles. The fraction of sp³-hybridized carbons (Fsp3) is 0.231. The number of hydrogen-bond donors (Lipinski definition) is 0. The van der Waals surface area contributed by atoms with E-state index in [1.165, 1.54) is 12.1 Å². The Balaban J connectivity index is 0.000000156. The zero-order valence-corrected chi connectivity index (χ0v) is 39.7. The molecule has 0 fully saturated rings. The summed E-state index contributed by atoms with van der Waals surface area (Å²) in [5, 5.41) is 9.49. The van der Waals surface area contributed by atoms with Gasteiger partial charge in [0, 0.05) is 62.1 Å². The Morgan fingerprint density at radius 2 is 0.944 bits per heavy atom. The lowest BCUT2D eigenvalue weighted by Gasteiger charge is -2.22. The van der Waals surface area contributed by atoms with Crippen molar-refractivity contribution in [2.45, 2.75) is 64.5 Å². The molecule has 10 heterocycles. The number of hydrogen-bond acceptors (Lipinski definition) is 14. The van der Waals surface area contributed by atoms with E-state index in [0.717, 1.165) is 84.3 Å². The third kappa shape index (κ3) is 8.93. The lowest BCUT2D eigenvalue weighted by molar-refractivity contribution is 0.396. The lowest BCUT2D eigenvalue weighted by atomic mass is 9.90. The Labute approximate surface area is 411 Å². The fourth-order valence-electron chi connectivity index (χ4n) is 9.20. The summed E-state index contributed by atoms with van der Waals surface area (Å²) in [6, 6.07) is 21.2. The molecule has 0 aliphatic carbocycles. The van der Waals surface area contributed by atoms with Gasteiger partial charge in [0.15, 0.2) is 23.3 Å². The predicted molar refractivity (Wildman–Crippen MR) is 260 cm³/mol. The lowest BCUT2D eigenvalue weighted by Crippen LogP contribution is -2.18. The topological polar surface area (TPSA) is 193 Å². The molecular formula is C52H46F2N16O2. The monoisotopic (exact) mass is 964 g/mol. The minimum Gasteiger partial charge on any atom is -0.479 e. The van der Waals surface area contributed by atoms with Crippen LogP contribution >= 0.6 is 0 Å². The zero-order valence-electron chi connectivity index (χ0n) is 39.7. The van der Waals surface area contributed by atoms with Crippen LogP contribution in [-0.4, -0.2) is 92.8 Å². The number of aryl methyl sites for hydroxylation is 4. The number of fused-ring (bicyclic) bond motifs is 2. The van der Waals surface area contributed by atoms with Gasteiger partial charge >= 0.3 is 0 Å². The van der Waals surface area contributed by atoms with Crippen LogP contribution in [0.4, 0.5) is 8.78 Å². The van der Waals surface area contributed by atoms with Gasteiger partial charge in [-0.1, -0.05) is 12.1 Å². The molecule has 72 heavy (non-hydrogen) atoms. The third-order valence-corrected chi connectivity index (χ3v) is 12.7. The molecule has 2 aliphatic rings. The molecule has 0 N–H and O–H groups in total. The van der Waals surface area contributed by atoms with Crippen molar-refractivity contribution in [1.82, 2.24) is 78.5 Å². The summed E-state index contributed by atoms with van der Waals surface area (Å²) >= 11 is 0. The molecule has 0 bridgehead atoms. The largest absolute Gasteiger partial charge is 0.479 e. The van der Waals surface area contributed by atoms with Gasteiger partial charge in [-0.05, 0) is 111 Å². The summed E-state index contributed by atoms with van der Waals surface area (Å²) in [6.45, 7) is 5.38. The van der Waals surface area contributed by atoms with E-state index in [9.17, 15) is 8.78 Å². The van der Waals surface area contributed by atoms with Crippen molar-refractivity contribution < 1.29 is 18.3 Å². The molecule has 0 radical (unpaired) electrons. The van der Waals surface area contributed by atoms with E-state index in [0.29, 0.717) is 57.6 Å². The second kappa shape index (κ2) is 19.5. The minimum absolute atomic E-state index is 0.0295. The first kappa shape index (κ1) is 45.5. The maximum absolute atomic E-state index is 14.6. The summed E-state index contributed by atoms with van der Waals surface area (Å²) in [6.07, 6.45) is 17.4. The average Bonchev–Trinajstić information content (AvgIpc) is 4.26. The number of pyridine rings is 2. The van der Waals surface area contributed by atoms with Gasteiger partial charge in [-0.25, -0.2) is 68.0 Å². The van der Waals surface area contributed by atoms with Crippen LogP contribution in [0.3, 0.4) is 0 Å². The quantitative estimate of drug-likeness (QED) is 0.126. The molecule has 0 saturated carbocycles. The standard InChI is InChI=1S/2C26H23FN8O/c2*1-16-14-34(15-30-16)22-9-8-21(31-26(22)36-2)24-32-25-18(5-3-12-35(25)33-24)17-6-7-20(27)19(13-17)23-28-10-4-11-29-23/h2*4,6-11,13-15,18H,3,5,12H2,1-2H3/t2*18-/m10/s1. The SMILES string of the molecule is COc1nc(-c2nc3n(n2)CCC[C@@H]3c2ccc(F)c(-c3ncccn3)c2)ccc1-n1cnc(C)c1.COc1nc(-c2nc3n(n2)CCC[C@H]3c2ccc(F)c(-c3ncccn3)c2)ccc1-n1cnc(C)c1. The van der Waals surface area contributed by atoms with Gasteiger partial charge in [-0.2, -0.15) is 0 Å². The van der Waals surface area contributed by atoms with Crippen molar-refractivity contribution in [3.8, 4) is 68.9 Å². The van der Waals surface area contributed by atoms with Crippen LogP contribution < -0.4 is 9.47 Å². The molecule has 0 spiro atoms. The Kier molecular flexibility index (Phi) is 12.3. The Bertz CT molecular complexity index is 3320. The Morgan fingerprint density at radius 1 is 0.514 bits per heavy atom. The van der Waals surface area contributed by atoms with Gasteiger partial charge in [-0.3, -0.25) is 0 Å². The van der Waals surface area contributed by atoms with Gasteiger partial charge in [0.1, 0.15) is 46.0 Å². The Hall–Kier alpha value is -8.94. The summed E-state index contributed by atoms with van der Waals surface area (Å²) in [7, 11) is 3.17. The number of imidazole rings is 2. The smallest absolute Gasteiger partial charge is 0.238 e. The Morgan fingerprint density at radius 3 is 1.33 bits per heavy atom. The summed E-state index contributed by atoms with van der Waals surface area (Å²) in [5.41, 5.74) is 7.26. The molecule has 0 amide bonds. The van der Waals surface area contributed by atoms with Crippen LogP contribution in [0.5, 0.6) is 11.8 Å². The first-order chi connectivity index (χ1) is 35.2. The van der Waals surface area contributed by atoms with Crippen molar-refractivity contribution in [3.05, 3.63) is 168 Å². The highest BCUT2D eigenvalue weighted by Gasteiger charge is 2.30. The first-order valence-electron chi connectivity index (χ1n) is 23.4. The third-order valence-electron chi connectivity index (χ3n) is 12.7. The highest BCUT2D eigenvalue weighted by atomic mass is 19.1. The second-order valence-electron chi connectivity index (χ2n) is 17.3. The number of ether oxygens (including phenoxy) is 2. The predicted octanol–water partition coefficient (Wildman–Crippen LogP) is 8.73. The van der Waals surface area contributed by atoms with Crippen LogP contribution in [0.15, 0.2) is 123 Å². The van der Waals surface area contributed by atoms with Crippen molar-refractivity contribution in [3.63, 3.8) is 0 Å². The molecule has 18 nitrogen and oxygen atoms in total. The molecule has 10 aromatic rings. The number of benzene rings is 2. The molecule has 8 aromatic heterocycles. The van der Waals surface area contributed by atoms with Crippen LogP contribution in [-0.2, 0) is 13.1 Å². The van der Waals surface area contributed by atoms with Crippen LogP contribution in [0, 0.1) is 25.5 Å². The number of methoxy groups -OCH3 is 2. The van der Waals surface area contributed by atoms with E-state index < -0.39 is 0 Å². The molecule has 0 unspecified atom stereocenters. The van der Waals surface area contributed by atoms with Crippen LogP contribution in [0.2, 0.25) is 0 Å². The average molecular weight is 965 g/mol. The number of halogens is 2. The number of nitrogens with zero attached hydrogens (tertiary/aromatic N) is 16. The van der Waals surface area contributed by atoms with E-state index in [1.807, 2.05) is 81.1 Å². The minimum atomic E-state index is -0.354. The summed E-state index contributed by atoms with van der Waals surface area (Å²) in [5.74, 6) is 3.58. The van der Waals surface area contributed by atoms with Gasteiger partial charge in [0.25, 0.3) is 0 Å². The normalized spacial score (nSPS) is 15.0. The number of aromatic nitrogens is 16. The highest BCUT2D eigenvalue weighted by Crippen LogP contribution is 2.38. The van der Waals surface area contributed by atoms with Crippen LogP contribution in [0.1, 0.15) is 71.7 Å². The van der Waals surface area contributed by atoms with Crippen molar-refractivity contribution in [1.29, 1.82) is 0 Å². The molecule has 20 heteroatoms. The molecule has 2 aromatic carbocycles. The van der Waals surface area contributed by atoms with Gasteiger partial charge in [0.05, 0.1) is 49.4 Å². The molecule has 12 rings (SSSR count). The van der Waals surface area contributed by atoms with Gasteiger partial charge in [0.2, 0.25) is 11.8 Å². The molecule has 2 atom stereocenters. The maximum atomic E-state index is 14.6. The fourth-order valence-corrected chi connectivity index (χ4v) is 9.20. The summed E-state index contributed by atoms with van der Waals surface area (Å²) in [4.78, 5) is 44.6. The molecular weight excluding hydrogens is 919 g/mol.